The van der Waals surface area contributed by atoms with Crippen molar-refractivity contribution in [3.63, 3.8) is 0 Å². The molecule has 3 rings (SSSR count). The molecule has 3 aromatic heterocycles. The molecule has 4 nitrogen and oxygen atoms in total. The summed E-state index contributed by atoms with van der Waals surface area (Å²) >= 11 is 3.50. The van der Waals surface area contributed by atoms with Crippen molar-refractivity contribution in [2.24, 2.45) is 5.73 Å². The van der Waals surface area contributed by atoms with Gasteiger partial charge in [0.1, 0.15) is 5.52 Å². The molecule has 0 fully saturated rings. The van der Waals surface area contributed by atoms with Gasteiger partial charge in [-0.2, -0.15) is 5.10 Å². The molecule has 6 heteroatoms. The Labute approximate surface area is 125 Å². The van der Waals surface area contributed by atoms with E-state index in [1.807, 2.05) is 6.92 Å². The molecule has 0 aliphatic carbocycles. The Bertz CT molecular complexity index is 688. The Balaban J connectivity index is 1.84. The van der Waals surface area contributed by atoms with Gasteiger partial charge in [0.2, 0.25) is 0 Å². The molecule has 0 bridgehead atoms. The monoisotopic (exact) mass is 304 g/mol. The van der Waals surface area contributed by atoms with Crippen LogP contribution in [0.2, 0.25) is 0 Å². The van der Waals surface area contributed by atoms with Crippen LogP contribution in [0.25, 0.3) is 10.2 Å². The van der Waals surface area contributed by atoms with Gasteiger partial charge in [-0.3, -0.25) is 0 Å². The largest absolute Gasteiger partial charge is 0.378 e. The first-order chi connectivity index (χ1) is 9.72. The summed E-state index contributed by atoms with van der Waals surface area (Å²) in [5, 5.41) is 13.8. The van der Waals surface area contributed by atoms with E-state index in [0.717, 1.165) is 28.9 Å². The summed E-state index contributed by atoms with van der Waals surface area (Å²) in [4.78, 5) is 2.57. The van der Waals surface area contributed by atoms with Gasteiger partial charge in [0.25, 0.3) is 0 Å². The predicted octanol–water partition coefficient (Wildman–Crippen LogP) is 3.25. The Morgan fingerprint density at radius 2 is 2.30 bits per heavy atom. The summed E-state index contributed by atoms with van der Waals surface area (Å²) in [6.07, 6.45) is 2.67. The van der Waals surface area contributed by atoms with Crippen LogP contribution in [0.1, 0.15) is 16.7 Å². The normalized spacial score (nSPS) is 12.7. The molecule has 20 heavy (non-hydrogen) atoms. The third-order valence-electron chi connectivity index (χ3n) is 2.92. The van der Waals surface area contributed by atoms with Crippen LogP contribution in [-0.4, -0.2) is 16.2 Å². The topological polar surface area (TPSA) is 63.8 Å². The smallest absolute Gasteiger partial charge is 0.106 e. The average Bonchev–Trinajstić information content (AvgIpc) is 3.03. The van der Waals surface area contributed by atoms with Gasteiger partial charge in [0.15, 0.2) is 0 Å². The highest BCUT2D eigenvalue weighted by atomic mass is 32.1. The number of nitrogens with one attached hydrogen (secondary N) is 1. The summed E-state index contributed by atoms with van der Waals surface area (Å²) in [6, 6.07) is 6.44. The van der Waals surface area contributed by atoms with Crippen molar-refractivity contribution < 1.29 is 0 Å². The molecule has 3 aromatic rings. The predicted molar refractivity (Wildman–Crippen MR) is 86.4 cm³/mol. The molecule has 104 valence electrons. The Morgan fingerprint density at radius 3 is 3.05 bits per heavy atom. The zero-order valence-corrected chi connectivity index (χ0v) is 12.8. The molecule has 0 amide bonds. The van der Waals surface area contributed by atoms with E-state index in [0.29, 0.717) is 0 Å². The Morgan fingerprint density at radius 1 is 1.40 bits per heavy atom. The minimum absolute atomic E-state index is 0.165. The summed E-state index contributed by atoms with van der Waals surface area (Å²) in [6.45, 7) is 2.84. The molecule has 0 aliphatic rings. The molecule has 1 atom stereocenters. The summed E-state index contributed by atoms with van der Waals surface area (Å²) < 4.78 is 1.16. The lowest BCUT2D eigenvalue weighted by Crippen LogP contribution is -2.16. The van der Waals surface area contributed by atoms with Crippen LogP contribution in [0, 0.1) is 0 Å². The first kappa shape index (κ1) is 13.5. The lowest BCUT2D eigenvalue weighted by molar-refractivity contribution is 0.747. The van der Waals surface area contributed by atoms with Crippen LogP contribution in [-0.2, 0) is 13.0 Å². The van der Waals surface area contributed by atoms with E-state index >= 15 is 0 Å². The highest BCUT2D eigenvalue weighted by Crippen LogP contribution is 2.30. The second kappa shape index (κ2) is 5.87. The number of rotatable bonds is 5. The Kier molecular flexibility index (Phi) is 3.95. The quantitative estimate of drug-likeness (QED) is 0.759. The minimum Gasteiger partial charge on any atom is -0.378 e. The number of hydrogen-bond acceptors (Lipinski definition) is 6. The summed E-state index contributed by atoms with van der Waals surface area (Å²) in [5.41, 5.74) is 7.86. The van der Waals surface area contributed by atoms with Crippen LogP contribution in [0.15, 0.2) is 29.8 Å². The van der Waals surface area contributed by atoms with E-state index < -0.39 is 0 Å². The van der Waals surface area contributed by atoms with Gasteiger partial charge < -0.3 is 11.1 Å². The fourth-order valence-corrected chi connectivity index (χ4v) is 3.91. The van der Waals surface area contributed by atoms with Crippen molar-refractivity contribution in [2.75, 3.05) is 5.32 Å². The SMILES string of the molecule is C[C@H](N)Cc1cc2nncc(NCc3cccs3)c2s1. The van der Waals surface area contributed by atoms with E-state index in [4.69, 9.17) is 5.73 Å². The third-order valence-corrected chi connectivity index (χ3v) is 4.97. The van der Waals surface area contributed by atoms with E-state index in [2.05, 4.69) is 39.1 Å². The maximum absolute atomic E-state index is 5.86. The molecule has 3 N–H and O–H groups in total. The number of anilines is 1. The second-order valence-electron chi connectivity index (χ2n) is 4.80. The molecule has 0 radical (unpaired) electrons. The standard InChI is InChI=1S/C14H16N4S2/c1-9(15)5-11-6-12-14(20-11)13(8-17-18-12)16-7-10-3-2-4-19-10/h2-4,6,8-9H,5,7,15H2,1H3,(H,16,18)/t9-/m0/s1. The van der Waals surface area contributed by atoms with Crippen LogP contribution in [0.4, 0.5) is 5.69 Å². The lowest BCUT2D eigenvalue weighted by atomic mass is 10.2. The average molecular weight is 304 g/mol. The minimum atomic E-state index is 0.165. The van der Waals surface area contributed by atoms with Gasteiger partial charge in [0.05, 0.1) is 16.6 Å². The lowest BCUT2D eigenvalue weighted by Gasteiger charge is -2.04. The fraction of sp³-hybridized carbons (Fsp3) is 0.286. The molecule has 0 saturated heterocycles. The number of nitrogens with zero attached hydrogens (tertiary/aromatic N) is 2. The molecular formula is C14H16N4S2. The fourth-order valence-electron chi connectivity index (χ4n) is 2.04. The van der Waals surface area contributed by atoms with Crippen LogP contribution in [0.5, 0.6) is 0 Å². The third kappa shape index (κ3) is 2.98. The number of hydrogen-bond donors (Lipinski definition) is 2. The number of thiophene rings is 2. The molecule has 3 heterocycles. The molecule has 0 spiro atoms. The molecule has 0 saturated carbocycles. The molecule has 0 unspecified atom stereocenters. The first-order valence-electron chi connectivity index (χ1n) is 6.48. The number of aromatic nitrogens is 2. The highest BCUT2D eigenvalue weighted by Gasteiger charge is 2.09. The number of nitrogens with two attached hydrogens (primary N) is 1. The maximum atomic E-state index is 5.86. The highest BCUT2D eigenvalue weighted by molar-refractivity contribution is 7.19. The van der Waals surface area contributed by atoms with Gasteiger partial charge >= 0.3 is 0 Å². The Hall–Kier alpha value is -1.50. The van der Waals surface area contributed by atoms with E-state index in [-0.39, 0.29) is 6.04 Å². The van der Waals surface area contributed by atoms with Crippen LogP contribution < -0.4 is 11.1 Å². The van der Waals surface area contributed by atoms with Gasteiger partial charge in [0, 0.05) is 22.3 Å². The van der Waals surface area contributed by atoms with Crippen molar-refractivity contribution in [1.29, 1.82) is 0 Å². The van der Waals surface area contributed by atoms with Crippen molar-refractivity contribution >= 4 is 38.6 Å². The van der Waals surface area contributed by atoms with Gasteiger partial charge in [-0.15, -0.1) is 27.8 Å². The van der Waals surface area contributed by atoms with Crippen LogP contribution >= 0.6 is 22.7 Å². The van der Waals surface area contributed by atoms with Gasteiger partial charge in [-0.25, -0.2) is 0 Å². The van der Waals surface area contributed by atoms with Crippen molar-refractivity contribution in [1.82, 2.24) is 10.2 Å². The molecule has 0 aromatic carbocycles. The van der Waals surface area contributed by atoms with Crippen molar-refractivity contribution in [2.45, 2.75) is 25.9 Å². The first-order valence-corrected chi connectivity index (χ1v) is 8.18. The molecule has 0 aliphatic heterocycles. The molecular weight excluding hydrogens is 288 g/mol. The van der Waals surface area contributed by atoms with E-state index in [9.17, 15) is 0 Å². The van der Waals surface area contributed by atoms with Gasteiger partial charge in [-0.1, -0.05) is 6.07 Å². The zero-order chi connectivity index (χ0) is 13.9. The summed E-state index contributed by atoms with van der Waals surface area (Å²) in [7, 11) is 0. The van der Waals surface area contributed by atoms with E-state index in [1.165, 1.54) is 9.75 Å². The van der Waals surface area contributed by atoms with Crippen molar-refractivity contribution in [3.05, 3.63) is 39.5 Å². The van der Waals surface area contributed by atoms with Crippen LogP contribution in [0.3, 0.4) is 0 Å². The maximum Gasteiger partial charge on any atom is 0.106 e. The van der Waals surface area contributed by atoms with E-state index in [1.54, 1.807) is 28.9 Å². The van der Waals surface area contributed by atoms with Crippen molar-refractivity contribution in [3.8, 4) is 0 Å². The summed E-state index contributed by atoms with van der Waals surface area (Å²) in [5.74, 6) is 0. The number of fused-ring (bicyclic) bond motifs is 1. The van der Waals surface area contributed by atoms with Gasteiger partial charge in [-0.05, 0) is 30.9 Å². The zero-order valence-electron chi connectivity index (χ0n) is 11.2. The second-order valence-corrected chi connectivity index (χ2v) is 6.97.